The van der Waals surface area contributed by atoms with Crippen LogP contribution >= 0.6 is 8.25 Å². The maximum Gasteiger partial charge on any atom is 0.417 e. The second-order valence-corrected chi connectivity index (χ2v) is 13.0. The van der Waals surface area contributed by atoms with Crippen LogP contribution in [0.4, 0.5) is 0 Å². The van der Waals surface area contributed by atoms with Gasteiger partial charge in [-0.05, 0) is 37.8 Å². The van der Waals surface area contributed by atoms with Crippen molar-refractivity contribution in [2.45, 2.75) is 206 Å². The van der Waals surface area contributed by atoms with Crippen LogP contribution in [0.1, 0.15) is 206 Å². The van der Waals surface area contributed by atoms with E-state index in [0.717, 1.165) is 12.8 Å². The lowest BCUT2D eigenvalue weighted by atomic mass is 10.0. The standard InChI is InChI=1S/C36H71O3P/c1-3-5-7-9-11-13-15-17-19-21-23-25-27-29-31-33-35-38-40(37)39-36-34-32-30-28-26-24-22-20-18-16-14-12-10-8-6-4-2/h33-36,40H,3-32H2,1-2H3. The molecule has 0 aromatic heterocycles. The molecule has 0 saturated carbocycles. The Morgan fingerprint density at radius 3 is 0.850 bits per heavy atom. The van der Waals surface area contributed by atoms with Crippen molar-refractivity contribution in [2.75, 3.05) is 0 Å². The van der Waals surface area contributed by atoms with Gasteiger partial charge in [-0.1, -0.05) is 181 Å². The molecule has 0 aromatic rings. The van der Waals surface area contributed by atoms with Gasteiger partial charge in [0, 0.05) is 0 Å². The van der Waals surface area contributed by atoms with Crippen LogP contribution in [0.3, 0.4) is 0 Å². The fraction of sp³-hybridized carbons (Fsp3) is 0.889. The largest absolute Gasteiger partial charge is 0.426 e. The lowest BCUT2D eigenvalue weighted by molar-refractivity contribution is 0.354. The van der Waals surface area contributed by atoms with Crippen molar-refractivity contribution < 1.29 is 13.6 Å². The highest BCUT2D eigenvalue weighted by Crippen LogP contribution is 2.25. The Morgan fingerprint density at radius 1 is 0.375 bits per heavy atom. The van der Waals surface area contributed by atoms with E-state index in [1.54, 1.807) is 12.5 Å². The van der Waals surface area contributed by atoms with Crippen molar-refractivity contribution in [2.24, 2.45) is 0 Å². The summed E-state index contributed by atoms with van der Waals surface area (Å²) in [5.41, 5.74) is 0. The molecule has 3 nitrogen and oxygen atoms in total. The second kappa shape index (κ2) is 36.3. The number of allylic oxidation sites excluding steroid dienone is 2. The summed E-state index contributed by atoms with van der Waals surface area (Å²) in [5.74, 6) is 0. The molecule has 0 amide bonds. The first-order valence-corrected chi connectivity index (χ1v) is 19.2. The molecule has 0 atom stereocenters. The van der Waals surface area contributed by atoms with Gasteiger partial charge in [0.25, 0.3) is 0 Å². The van der Waals surface area contributed by atoms with E-state index in [2.05, 4.69) is 13.8 Å². The topological polar surface area (TPSA) is 35.5 Å². The predicted molar refractivity (Wildman–Crippen MR) is 179 cm³/mol. The molecule has 0 bridgehead atoms. The van der Waals surface area contributed by atoms with E-state index in [0.29, 0.717) is 0 Å². The van der Waals surface area contributed by atoms with Gasteiger partial charge in [0.05, 0.1) is 12.5 Å². The zero-order valence-corrected chi connectivity index (χ0v) is 28.2. The summed E-state index contributed by atoms with van der Waals surface area (Å²) in [6, 6.07) is 0. The molecule has 0 N–H and O–H groups in total. The molecule has 0 saturated heterocycles. The first kappa shape index (κ1) is 39.3. The van der Waals surface area contributed by atoms with Crippen molar-refractivity contribution in [3.63, 3.8) is 0 Å². The smallest absolute Gasteiger partial charge is 0.417 e. The maximum absolute atomic E-state index is 11.8. The Bertz CT molecular complexity index is 500. The van der Waals surface area contributed by atoms with Crippen LogP contribution < -0.4 is 0 Å². The molecule has 238 valence electrons. The molecule has 0 aliphatic heterocycles. The minimum atomic E-state index is -2.45. The molecule has 0 aliphatic rings. The SMILES string of the molecule is CCCCCCCCCCCCCCCCC=CO[PH](=O)OC=CCCCCCCCCCCCCCCCC. The third-order valence-corrected chi connectivity index (χ3v) is 8.63. The fourth-order valence-electron chi connectivity index (χ4n) is 5.28. The second-order valence-electron chi connectivity index (χ2n) is 12.0. The zero-order valence-electron chi connectivity index (χ0n) is 27.2. The number of unbranched alkanes of at least 4 members (excludes halogenated alkanes) is 28. The van der Waals surface area contributed by atoms with Crippen molar-refractivity contribution in [1.82, 2.24) is 0 Å². The Balaban J connectivity index is 3.27. The molecule has 0 rings (SSSR count). The molecular formula is C36H71O3P. The van der Waals surface area contributed by atoms with Crippen LogP contribution in [-0.2, 0) is 13.6 Å². The average Bonchev–Trinajstić information content (AvgIpc) is 2.96. The van der Waals surface area contributed by atoms with E-state index in [-0.39, 0.29) is 0 Å². The Kier molecular flexibility index (Phi) is 35.7. The fourth-order valence-corrected chi connectivity index (χ4v) is 5.75. The summed E-state index contributed by atoms with van der Waals surface area (Å²) in [5, 5.41) is 0. The van der Waals surface area contributed by atoms with E-state index in [4.69, 9.17) is 9.05 Å². The maximum atomic E-state index is 11.8. The lowest BCUT2D eigenvalue weighted by Crippen LogP contribution is -1.83. The van der Waals surface area contributed by atoms with Gasteiger partial charge in [-0.3, -0.25) is 0 Å². The van der Waals surface area contributed by atoms with Gasteiger partial charge in [0.15, 0.2) is 0 Å². The third-order valence-electron chi connectivity index (χ3n) is 7.97. The molecule has 0 aliphatic carbocycles. The molecule has 0 radical (unpaired) electrons. The Labute approximate surface area is 252 Å². The van der Waals surface area contributed by atoms with Crippen LogP contribution in [-0.4, -0.2) is 0 Å². The molecule has 0 unspecified atom stereocenters. The first-order valence-electron chi connectivity index (χ1n) is 18.0. The predicted octanol–water partition coefficient (Wildman–Crippen LogP) is 14.2. The van der Waals surface area contributed by atoms with Gasteiger partial charge in [0.1, 0.15) is 0 Å². The van der Waals surface area contributed by atoms with Crippen molar-refractivity contribution in [3.05, 3.63) is 24.7 Å². The number of hydrogen-bond acceptors (Lipinski definition) is 3. The van der Waals surface area contributed by atoms with Crippen molar-refractivity contribution in [1.29, 1.82) is 0 Å². The normalized spacial score (nSPS) is 12.6. The molecular weight excluding hydrogens is 511 g/mol. The van der Waals surface area contributed by atoms with Gasteiger partial charge in [-0.15, -0.1) is 0 Å². The van der Waals surface area contributed by atoms with E-state index < -0.39 is 8.25 Å². The first-order chi connectivity index (χ1) is 19.8. The summed E-state index contributed by atoms with van der Waals surface area (Å²) in [6.07, 6.45) is 47.6. The summed E-state index contributed by atoms with van der Waals surface area (Å²) < 4.78 is 22.2. The highest BCUT2D eigenvalue weighted by molar-refractivity contribution is 7.33. The van der Waals surface area contributed by atoms with Crippen molar-refractivity contribution >= 4 is 8.25 Å². The number of hydrogen-bond donors (Lipinski definition) is 0. The monoisotopic (exact) mass is 583 g/mol. The quantitative estimate of drug-likeness (QED) is 0.0430. The minimum absolute atomic E-state index is 0.988. The van der Waals surface area contributed by atoms with E-state index in [9.17, 15) is 4.57 Å². The van der Waals surface area contributed by atoms with E-state index >= 15 is 0 Å². The molecule has 0 aromatic carbocycles. The van der Waals surface area contributed by atoms with Crippen LogP contribution in [0, 0.1) is 0 Å². The van der Waals surface area contributed by atoms with Crippen LogP contribution in [0.15, 0.2) is 24.7 Å². The Hall–Kier alpha value is -0.690. The molecule has 0 fully saturated rings. The van der Waals surface area contributed by atoms with Gasteiger partial charge < -0.3 is 9.05 Å². The molecule has 40 heavy (non-hydrogen) atoms. The summed E-state index contributed by atoms with van der Waals surface area (Å²) in [6.45, 7) is 4.57. The highest BCUT2D eigenvalue weighted by Gasteiger charge is 1.96. The summed E-state index contributed by atoms with van der Waals surface area (Å²) >= 11 is 0. The molecule has 4 heteroatoms. The van der Waals surface area contributed by atoms with Gasteiger partial charge in [-0.25, -0.2) is 4.57 Å². The average molecular weight is 583 g/mol. The lowest BCUT2D eigenvalue weighted by Gasteiger charge is -2.03. The van der Waals surface area contributed by atoms with Gasteiger partial charge >= 0.3 is 8.25 Å². The molecule has 0 heterocycles. The number of rotatable bonds is 34. The molecule has 0 spiro atoms. The van der Waals surface area contributed by atoms with E-state index in [1.165, 1.54) is 180 Å². The zero-order chi connectivity index (χ0) is 29.0. The summed E-state index contributed by atoms with van der Waals surface area (Å²) in [7, 11) is -2.45. The van der Waals surface area contributed by atoms with E-state index in [1.807, 2.05) is 12.2 Å². The third kappa shape index (κ3) is 35.3. The van der Waals surface area contributed by atoms with Crippen molar-refractivity contribution in [3.8, 4) is 0 Å². The van der Waals surface area contributed by atoms with Crippen LogP contribution in [0.2, 0.25) is 0 Å². The van der Waals surface area contributed by atoms with Crippen LogP contribution in [0.25, 0.3) is 0 Å². The van der Waals surface area contributed by atoms with Gasteiger partial charge in [0.2, 0.25) is 0 Å². The Morgan fingerprint density at radius 2 is 0.600 bits per heavy atom. The van der Waals surface area contributed by atoms with Gasteiger partial charge in [-0.2, -0.15) is 0 Å². The minimum Gasteiger partial charge on any atom is -0.426 e. The summed E-state index contributed by atoms with van der Waals surface area (Å²) in [4.78, 5) is 0. The van der Waals surface area contributed by atoms with Crippen LogP contribution in [0.5, 0.6) is 0 Å². The highest BCUT2D eigenvalue weighted by atomic mass is 31.1.